The van der Waals surface area contributed by atoms with E-state index in [-0.39, 0.29) is 17.4 Å². The number of aromatic nitrogens is 9. The summed E-state index contributed by atoms with van der Waals surface area (Å²) in [6, 6.07) is 7.39. The highest BCUT2D eigenvalue weighted by Gasteiger charge is 2.20. The third-order valence-electron chi connectivity index (χ3n) is 5.34. The molecule has 0 amide bonds. The number of aryl methyl sites for hydroxylation is 2. The van der Waals surface area contributed by atoms with E-state index in [0.29, 0.717) is 28.3 Å². The number of aromatic amines is 1. The molecule has 1 aromatic carbocycles. The van der Waals surface area contributed by atoms with Crippen molar-refractivity contribution >= 4 is 22.4 Å². The van der Waals surface area contributed by atoms with Gasteiger partial charge in [0.15, 0.2) is 0 Å². The number of tetrazole rings is 1. The molecule has 1 atom stereocenters. The van der Waals surface area contributed by atoms with Gasteiger partial charge in [0.1, 0.15) is 23.5 Å². The molecule has 0 radical (unpaired) electrons. The van der Waals surface area contributed by atoms with E-state index < -0.39 is 0 Å². The number of H-pyrrole nitrogens is 1. The molecule has 4 heterocycles. The Labute approximate surface area is 187 Å². The summed E-state index contributed by atoms with van der Waals surface area (Å²) in [6.45, 7) is 1.91. The van der Waals surface area contributed by atoms with Gasteiger partial charge in [0.05, 0.1) is 24.7 Å². The molecule has 0 saturated carbocycles. The molecule has 0 aliphatic heterocycles. The third kappa shape index (κ3) is 3.67. The summed E-state index contributed by atoms with van der Waals surface area (Å²) in [7, 11) is 3.50. The van der Waals surface area contributed by atoms with Gasteiger partial charge in [-0.2, -0.15) is 9.90 Å². The van der Waals surface area contributed by atoms with Crippen molar-refractivity contribution in [1.29, 1.82) is 0 Å². The molecule has 1 unspecified atom stereocenters. The van der Waals surface area contributed by atoms with E-state index >= 15 is 0 Å². The molecule has 12 nitrogen and oxygen atoms in total. The number of hydrogen-bond donors (Lipinski definition) is 3. The van der Waals surface area contributed by atoms with Crippen molar-refractivity contribution in [2.75, 3.05) is 11.1 Å². The fraction of sp³-hybridized carbons (Fsp3) is 0.190. The fourth-order valence-electron chi connectivity index (χ4n) is 3.77. The van der Waals surface area contributed by atoms with E-state index in [0.717, 1.165) is 16.5 Å². The van der Waals surface area contributed by atoms with Gasteiger partial charge in [-0.15, -0.1) is 10.2 Å². The van der Waals surface area contributed by atoms with Gasteiger partial charge in [-0.05, 0) is 29.2 Å². The lowest BCUT2D eigenvalue weighted by Crippen LogP contribution is -2.17. The normalized spacial score (nSPS) is 12.2. The maximum absolute atomic E-state index is 13.1. The van der Waals surface area contributed by atoms with Gasteiger partial charge >= 0.3 is 0 Å². The lowest BCUT2D eigenvalue weighted by molar-refractivity contribution is 0.630. The number of anilines is 2. The van der Waals surface area contributed by atoms with Crippen LogP contribution in [0.2, 0.25) is 0 Å². The average Bonchev–Trinajstić information content (AvgIpc) is 3.41. The summed E-state index contributed by atoms with van der Waals surface area (Å²) in [5, 5.41) is 21.0. The quantitative estimate of drug-likeness (QED) is 0.367. The molecule has 33 heavy (non-hydrogen) atoms. The maximum Gasteiger partial charge on any atom is 0.256 e. The fourth-order valence-corrected chi connectivity index (χ4v) is 3.77. The van der Waals surface area contributed by atoms with E-state index in [1.165, 1.54) is 11.1 Å². The van der Waals surface area contributed by atoms with Crippen molar-refractivity contribution < 1.29 is 0 Å². The Morgan fingerprint density at radius 2 is 2.06 bits per heavy atom. The van der Waals surface area contributed by atoms with Gasteiger partial charge < -0.3 is 16.0 Å². The molecule has 4 aromatic heterocycles. The van der Waals surface area contributed by atoms with Crippen molar-refractivity contribution in [2.24, 2.45) is 14.1 Å². The molecule has 4 N–H and O–H groups in total. The van der Waals surface area contributed by atoms with Gasteiger partial charge in [-0.3, -0.25) is 9.48 Å². The number of benzene rings is 1. The Morgan fingerprint density at radius 1 is 1.21 bits per heavy atom. The molecule has 0 fully saturated rings. The Bertz CT molecular complexity index is 1530. The Balaban J connectivity index is 1.54. The van der Waals surface area contributed by atoms with E-state index in [1.54, 1.807) is 17.9 Å². The summed E-state index contributed by atoms with van der Waals surface area (Å²) >= 11 is 0. The van der Waals surface area contributed by atoms with E-state index in [2.05, 4.69) is 40.8 Å². The van der Waals surface area contributed by atoms with Crippen LogP contribution in [-0.4, -0.2) is 44.9 Å². The minimum atomic E-state index is -0.311. The van der Waals surface area contributed by atoms with Crippen LogP contribution in [0.3, 0.4) is 0 Å². The number of fused-ring (bicyclic) bond motifs is 1. The summed E-state index contributed by atoms with van der Waals surface area (Å²) in [4.78, 5) is 25.8. The lowest BCUT2D eigenvalue weighted by atomic mass is 10.0. The summed E-state index contributed by atoms with van der Waals surface area (Å²) in [5.74, 6) is 0.965. The number of rotatable bonds is 5. The van der Waals surface area contributed by atoms with Gasteiger partial charge in [0.25, 0.3) is 5.56 Å². The topological polar surface area (TPSA) is 158 Å². The molecule has 0 spiro atoms. The van der Waals surface area contributed by atoms with Crippen LogP contribution < -0.4 is 16.6 Å². The van der Waals surface area contributed by atoms with Gasteiger partial charge in [-0.25, -0.2) is 9.97 Å². The van der Waals surface area contributed by atoms with E-state index in [9.17, 15) is 4.79 Å². The highest BCUT2D eigenvalue weighted by atomic mass is 16.1. The predicted molar refractivity (Wildman–Crippen MR) is 123 cm³/mol. The summed E-state index contributed by atoms with van der Waals surface area (Å²) < 4.78 is 1.71. The monoisotopic (exact) mass is 443 g/mol. The minimum Gasteiger partial charge on any atom is -0.383 e. The molecular formula is C21H21N11O. The zero-order valence-electron chi connectivity index (χ0n) is 18.2. The van der Waals surface area contributed by atoms with Crippen LogP contribution in [0, 0.1) is 0 Å². The summed E-state index contributed by atoms with van der Waals surface area (Å²) in [6.07, 6.45) is 4.98. The third-order valence-corrected chi connectivity index (χ3v) is 5.34. The first-order valence-corrected chi connectivity index (χ1v) is 10.2. The maximum atomic E-state index is 13.1. The van der Waals surface area contributed by atoms with Crippen LogP contribution >= 0.6 is 0 Å². The molecule has 0 aliphatic carbocycles. The Kier molecular flexibility index (Phi) is 4.81. The first kappa shape index (κ1) is 20.3. The molecule has 12 heteroatoms. The summed E-state index contributed by atoms with van der Waals surface area (Å²) in [5.41, 5.74) is 8.73. The van der Waals surface area contributed by atoms with Crippen molar-refractivity contribution in [2.45, 2.75) is 13.0 Å². The molecule has 0 aliphatic rings. The Morgan fingerprint density at radius 3 is 2.79 bits per heavy atom. The molecule has 5 rings (SSSR count). The standard InChI is InChI=1S/C21H21N11O/c1-11(26-19-17(18(22)23-10-24-19)20-28-30-32(3)29-20)15-7-12-5-4-6-14(16(12)21(33)27-15)13-8-25-31(2)9-13/h4-11H,1-3H3,(H,27,33)(H3,22,23,24,26). The number of nitrogens with one attached hydrogen (secondary N) is 2. The van der Waals surface area contributed by atoms with Crippen LogP contribution in [0.5, 0.6) is 0 Å². The first-order chi connectivity index (χ1) is 15.9. The highest BCUT2D eigenvalue weighted by Crippen LogP contribution is 2.31. The number of nitrogens with two attached hydrogens (primary N) is 1. The van der Waals surface area contributed by atoms with Crippen LogP contribution in [-0.2, 0) is 14.1 Å². The molecule has 5 aromatic rings. The largest absolute Gasteiger partial charge is 0.383 e. The Hall–Kier alpha value is -4.61. The van der Waals surface area contributed by atoms with Crippen molar-refractivity contribution in [3.8, 4) is 22.5 Å². The van der Waals surface area contributed by atoms with Crippen LogP contribution in [0.1, 0.15) is 18.7 Å². The average molecular weight is 443 g/mol. The molecule has 0 saturated heterocycles. The highest BCUT2D eigenvalue weighted by molar-refractivity contribution is 5.96. The zero-order chi connectivity index (χ0) is 23.1. The second-order valence-corrected chi connectivity index (χ2v) is 7.68. The minimum absolute atomic E-state index is 0.186. The predicted octanol–water partition coefficient (Wildman–Crippen LogP) is 1.66. The van der Waals surface area contributed by atoms with Gasteiger partial charge in [0, 0.05) is 24.5 Å². The smallest absolute Gasteiger partial charge is 0.256 e. The van der Waals surface area contributed by atoms with E-state index in [1.807, 2.05) is 44.4 Å². The van der Waals surface area contributed by atoms with Crippen LogP contribution in [0.15, 0.2) is 47.8 Å². The SMILES string of the molecule is CC(Nc1ncnc(N)c1-c1nnn(C)n1)c1cc2cccc(-c3cnn(C)c3)c2c(=O)[nH]1. The van der Waals surface area contributed by atoms with Crippen molar-refractivity contribution in [3.63, 3.8) is 0 Å². The number of hydrogen-bond acceptors (Lipinski definition) is 9. The lowest BCUT2D eigenvalue weighted by Gasteiger charge is -2.17. The van der Waals surface area contributed by atoms with Crippen molar-refractivity contribution in [3.05, 3.63) is 59.0 Å². The van der Waals surface area contributed by atoms with Crippen LogP contribution in [0.25, 0.3) is 33.3 Å². The molecular weight excluding hydrogens is 422 g/mol. The second-order valence-electron chi connectivity index (χ2n) is 7.68. The molecule has 166 valence electrons. The second kappa shape index (κ2) is 7.82. The van der Waals surface area contributed by atoms with Gasteiger partial charge in [0.2, 0.25) is 5.82 Å². The van der Waals surface area contributed by atoms with Crippen molar-refractivity contribution in [1.82, 2.24) is 44.9 Å². The molecule has 0 bridgehead atoms. The number of nitrogen functional groups attached to an aromatic ring is 1. The first-order valence-electron chi connectivity index (χ1n) is 10.2. The van der Waals surface area contributed by atoms with E-state index in [4.69, 9.17) is 5.73 Å². The zero-order valence-corrected chi connectivity index (χ0v) is 18.2. The number of pyridine rings is 1. The number of nitrogens with zero attached hydrogens (tertiary/aromatic N) is 8. The van der Waals surface area contributed by atoms with Crippen LogP contribution in [0.4, 0.5) is 11.6 Å². The van der Waals surface area contributed by atoms with Gasteiger partial charge in [-0.1, -0.05) is 18.2 Å².